The van der Waals surface area contributed by atoms with Crippen molar-refractivity contribution in [2.75, 3.05) is 13.1 Å². The SMILES string of the molecule is CCCCCCN(CCCCCC)C(=O)C(C)=O. The molecule has 0 atom stereocenters. The Morgan fingerprint density at radius 3 is 1.56 bits per heavy atom. The molecule has 3 nitrogen and oxygen atoms in total. The maximum atomic E-state index is 11.7. The molecule has 0 aliphatic carbocycles. The monoisotopic (exact) mass is 255 g/mol. The minimum absolute atomic E-state index is 0.303. The van der Waals surface area contributed by atoms with Gasteiger partial charge in [0.1, 0.15) is 0 Å². The summed E-state index contributed by atoms with van der Waals surface area (Å²) in [6, 6.07) is 0. The molecule has 0 spiro atoms. The maximum Gasteiger partial charge on any atom is 0.289 e. The van der Waals surface area contributed by atoms with Gasteiger partial charge >= 0.3 is 0 Å². The second-order valence-corrected chi connectivity index (χ2v) is 4.97. The van der Waals surface area contributed by atoms with E-state index in [9.17, 15) is 9.59 Å². The van der Waals surface area contributed by atoms with Gasteiger partial charge in [0.05, 0.1) is 0 Å². The summed E-state index contributed by atoms with van der Waals surface area (Å²) in [4.78, 5) is 24.7. The number of unbranched alkanes of at least 4 members (excludes halogenated alkanes) is 6. The van der Waals surface area contributed by atoms with E-state index in [1.54, 1.807) is 4.90 Å². The van der Waals surface area contributed by atoms with E-state index >= 15 is 0 Å². The number of Topliss-reactive ketones (excluding diaryl/α,β-unsaturated/α-hetero) is 1. The summed E-state index contributed by atoms with van der Waals surface area (Å²) < 4.78 is 0. The Morgan fingerprint density at radius 1 is 0.778 bits per heavy atom. The zero-order valence-corrected chi connectivity index (χ0v) is 12.3. The first-order chi connectivity index (χ1) is 8.63. The van der Waals surface area contributed by atoms with Gasteiger partial charge in [-0.25, -0.2) is 0 Å². The van der Waals surface area contributed by atoms with E-state index in [1.807, 2.05) is 0 Å². The standard InChI is InChI=1S/C15H29NO2/c1-4-6-8-10-12-16(15(18)14(3)17)13-11-9-7-5-2/h4-13H2,1-3H3. The number of carbonyl (C=O) groups excluding carboxylic acids is 2. The average Bonchev–Trinajstić information content (AvgIpc) is 2.36. The van der Waals surface area contributed by atoms with Crippen molar-refractivity contribution in [3.8, 4) is 0 Å². The highest BCUT2D eigenvalue weighted by molar-refractivity contribution is 6.35. The van der Waals surface area contributed by atoms with Gasteiger partial charge in [-0.3, -0.25) is 9.59 Å². The first kappa shape index (κ1) is 17.1. The predicted molar refractivity (Wildman–Crippen MR) is 75.5 cm³/mol. The Bertz CT molecular complexity index is 227. The summed E-state index contributed by atoms with van der Waals surface area (Å²) in [6.45, 7) is 7.19. The van der Waals surface area contributed by atoms with Crippen molar-refractivity contribution in [3.63, 3.8) is 0 Å². The van der Waals surface area contributed by atoms with Crippen LogP contribution in [0.15, 0.2) is 0 Å². The molecule has 18 heavy (non-hydrogen) atoms. The van der Waals surface area contributed by atoms with Gasteiger partial charge in [0.15, 0.2) is 0 Å². The minimum atomic E-state index is -0.332. The zero-order chi connectivity index (χ0) is 13.8. The van der Waals surface area contributed by atoms with Crippen molar-refractivity contribution in [3.05, 3.63) is 0 Å². The normalized spacial score (nSPS) is 10.4. The Labute approximate surface area is 112 Å². The van der Waals surface area contributed by atoms with E-state index in [2.05, 4.69) is 13.8 Å². The van der Waals surface area contributed by atoms with Crippen LogP contribution in [0, 0.1) is 0 Å². The van der Waals surface area contributed by atoms with Crippen molar-refractivity contribution >= 4 is 11.7 Å². The van der Waals surface area contributed by atoms with Crippen LogP contribution in [0.4, 0.5) is 0 Å². The third-order valence-corrected chi connectivity index (χ3v) is 3.15. The molecule has 0 saturated heterocycles. The van der Waals surface area contributed by atoms with E-state index in [4.69, 9.17) is 0 Å². The average molecular weight is 255 g/mol. The number of nitrogens with zero attached hydrogens (tertiary/aromatic N) is 1. The molecule has 0 rings (SSSR count). The lowest BCUT2D eigenvalue weighted by Crippen LogP contribution is -2.37. The summed E-state index contributed by atoms with van der Waals surface area (Å²) in [5, 5.41) is 0. The Hall–Kier alpha value is -0.860. The van der Waals surface area contributed by atoms with Crippen molar-refractivity contribution in [1.82, 2.24) is 4.90 Å². The summed E-state index contributed by atoms with van der Waals surface area (Å²) >= 11 is 0. The molecule has 0 saturated carbocycles. The largest absolute Gasteiger partial charge is 0.336 e. The van der Waals surface area contributed by atoms with E-state index in [1.165, 1.54) is 32.6 Å². The predicted octanol–water partition coefficient (Wildman–Crippen LogP) is 3.56. The first-order valence-corrected chi connectivity index (χ1v) is 7.43. The highest BCUT2D eigenvalue weighted by Gasteiger charge is 2.16. The Kier molecular flexibility index (Phi) is 10.7. The lowest BCUT2D eigenvalue weighted by atomic mass is 10.1. The Morgan fingerprint density at radius 2 is 1.22 bits per heavy atom. The molecule has 0 N–H and O–H groups in total. The molecular weight excluding hydrogens is 226 g/mol. The molecule has 0 aromatic heterocycles. The lowest BCUT2D eigenvalue weighted by Gasteiger charge is -2.21. The van der Waals surface area contributed by atoms with Crippen LogP contribution in [0.3, 0.4) is 0 Å². The van der Waals surface area contributed by atoms with E-state index in [0.29, 0.717) is 0 Å². The number of ketones is 1. The fraction of sp³-hybridized carbons (Fsp3) is 0.867. The van der Waals surface area contributed by atoms with Crippen LogP contribution in [0.2, 0.25) is 0 Å². The topological polar surface area (TPSA) is 37.4 Å². The van der Waals surface area contributed by atoms with Gasteiger partial charge in [-0.05, 0) is 12.8 Å². The van der Waals surface area contributed by atoms with Gasteiger partial charge in [0, 0.05) is 20.0 Å². The molecule has 0 bridgehead atoms. The first-order valence-electron chi connectivity index (χ1n) is 7.43. The van der Waals surface area contributed by atoms with Gasteiger partial charge in [-0.1, -0.05) is 52.4 Å². The smallest absolute Gasteiger partial charge is 0.289 e. The fourth-order valence-corrected chi connectivity index (χ4v) is 2.00. The van der Waals surface area contributed by atoms with Crippen molar-refractivity contribution in [1.29, 1.82) is 0 Å². The molecule has 3 heteroatoms. The molecular formula is C15H29NO2. The molecule has 0 aliphatic heterocycles. The molecule has 0 aromatic carbocycles. The van der Waals surface area contributed by atoms with E-state index < -0.39 is 0 Å². The molecule has 0 fully saturated rings. The number of carbonyl (C=O) groups is 2. The molecule has 1 amide bonds. The van der Waals surface area contributed by atoms with E-state index in [0.717, 1.165) is 38.8 Å². The van der Waals surface area contributed by atoms with Gasteiger partial charge in [-0.2, -0.15) is 0 Å². The van der Waals surface area contributed by atoms with Crippen LogP contribution in [0.1, 0.15) is 72.1 Å². The summed E-state index contributed by atoms with van der Waals surface area (Å²) in [5.41, 5.74) is 0. The van der Waals surface area contributed by atoms with Crippen LogP contribution < -0.4 is 0 Å². The van der Waals surface area contributed by atoms with Crippen LogP contribution in [0.5, 0.6) is 0 Å². The van der Waals surface area contributed by atoms with Gasteiger partial charge < -0.3 is 4.90 Å². The van der Waals surface area contributed by atoms with Crippen molar-refractivity contribution < 1.29 is 9.59 Å². The number of rotatable bonds is 11. The quantitative estimate of drug-likeness (QED) is 0.418. The molecule has 106 valence electrons. The highest BCUT2D eigenvalue weighted by atomic mass is 16.2. The zero-order valence-electron chi connectivity index (χ0n) is 12.3. The van der Waals surface area contributed by atoms with Gasteiger partial charge in [0.2, 0.25) is 5.78 Å². The molecule has 0 radical (unpaired) electrons. The minimum Gasteiger partial charge on any atom is -0.336 e. The van der Waals surface area contributed by atoms with E-state index in [-0.39, 0.29) is 11.7 Å². The number of amides is 1. The second kappa shape index (κ2) is 11.2. The van der Waals surface area contributed by atoms with Crippen molar-refractivity contribution in [2.24, 2.45) is 0 Å². The third-order valence-electron chi connectivity index (χ3n) is 3.15. The van der Waals surface area contributed by atoms with Gasteiger partial charge in [0.25, 0.3) is 5.91 Å². The van der Waals surface area contributed by atoms with Crippen LogP contribution in [-0.4, -0.2) is 29.7 Å². The van der Waals surface area contributed by atoms with Crippen molar-refractivity contribution in [2.45, 2.75) is 72.1 Å². The fourth-order valence-electron chi connectivity index (χ4n) is 2.00. The summed E-state index contributed by atoms with van der Waals surface area (Å²) in [7, 11) is 0. The second-order valence-electron chi connectivity index (χ2n) is 4.97. The highest BCUT2D eigenvalue weighted by Crippen LogP contribution is 2.06. The molecule has 0 aromatic rings. The summed E-state index contributed by atoms with van der Waals surface area (Å²) in [5.74, 6) is -0.635. The Balaban J connectivity index is 4.00. The maximum absolute atomic E-state index is 11.7. The number of hydrogen-bond donors (Lipinski definition) is 0. The molecule has 0 unspecified atom stereocenters. The molecule has 0 heterocycles. The lowest BCUT2D eigenvalue weighted by molar-refractivity contribution is -0.143. The van der Waals surface area contributed by atoms with Crippen LogP contribution >= 0.6 is 0 Å². The molecule has 0 aliphatic rings. The van der Waals surface area contributed by atoms with Crippen LogP contribution in [0.25, 0.3) is 0 Å². The third kappa shape index (κ3) is 8.26. The van der Waals surface area contributed by atoms with Crippen LogP contribution in [-0.2, 0) is 9.59 Å². The number of hydrogen-bond acceptors (Lipinski definition) is 2. The van der Waals surface area contributed by atoms with Gasteiger partial charge in [-0.15, -0.1) is 0 Å². The summed E-state index contributed by atoms with van der Waals surface area (Å²) in [6.07, 6.45) is 9.12.